The van der Waals surface area contributed by atoms with Gasteiger partial charge in [-0.05, 0) is 67.0 Å². The number of fused-ring (bicyclic) bond motifs is 2. The van der Waals surface area contributed by atoms with E-state index in [1.54, 1.807) is 42.5 Å². The molecule has 0 aliphatic heterocycles. The Morgan fingerprint density at radius 3 is 2.77 bits per heavy atom. The lowest BCUT2D eigenvalue weighted by Gasteiger charge is -2.30. The smallest absolute Gasteiger partial charge is 0.330 e. The van der Waals surface area contributed by atoms with Gasteiger partial charge < -0.3 is 9.64 Å². The monoisotopic (exact) mass is 486 g/mol. The van der Waals surface area contributed by atoms with Crippen LogP contribution < -0.4 is 4.90 Å². The first-order chi connectivity index (χ1) is 15.4. The number of ether oxygens (including phenoxy) is 1. The second kappa shape index (κ2) is 9.35. The van der Waals surface area contributed by atoms with E-state index >= 15 is 0 Å². The van der Waals surface area contributed by atoms with Crippen molar-refractivity contribution in [2.45, 2.75) is 32.2 Å². The van der Waals surface area contributed by atoms with Crippen molar-refractivity contribution < 1.29 is 20.1 Å². The van der Waals surface area contributed by atoms with Crippen molar-refractivity contribution in [1.82, 2.24) is 0 Å². The molecule has 2 aromatic rings. The van der Waals surface area contributed by atoms with Crippen LogP contribution in [0.3, 0.4) is 0 Å². The highest BCUT2D eigenvalue weighted by molar-refractivity contribution is 9.10. The van der Waals surface area contributed by atoms with Crippen molar-refractivity contribution in [3.05, 3.63) is 70.0 Å². The summed E-state index contributed by atoms with van der Waals surface area (Å²) in [6, 6.07) is 11.6. The lowest BCUT2D eigenvalue weighted by molar-refractivity contribution is -0.134. The number of methoxy groups -OCH3 is 1. The molecule has 4 unspecified atom stereocenters. The summed E-state index contributed by atoms with van der Waals surface area (Å²) in [4.78, 5) is 26.6. The van der Waals surface area contributed by atoms with Crippen LogP contribution in [0.15, 0.2) is 53.0 Å². The summed E-state index contributed by atoms with van der Waals surface area (Å²) < 4.78 is 28.8. The SMILES string of the molecule is [2H]C(c1ccc(Br)cc1F)N(C(=O)C1CC2CCC1C2)c1cccc(/C=C/C(=O)OC)c1. The van der Waals surface area contributed by atoms with Crippen LogP contribution in [0.5, 0.6) is 0 Å². The Morgan fingerprint density at radius 2 is 2.10 bits per heavy atom. The molecule has 2 bridgehead atoms. The first-order valence-corrected chi connectivity index (χ1v) is 11.2. The highest BCUT2D eigenvalue weighted by Crippen LogP contribution is 2.49. The largest absolute Gasteiger partial charge is 0.466 e. The number of amides is 1. The Balaban J connectivity index is 1.71. The lowest BCUT2D eigenvalue weighted by atomic mass is 9.87. The number of benzene rings is 2. The van der Waals surface area contributed by atoms with E-state index < -0.39 is 18.3 Å². The van der Waals surface area contributed by atoms with Crippen LogP contribution >= 0.6 is 15.9 Å². The lowest BCUT2D eigenvalue weighted by Crippen LogP contribution is -2.38. The van der Waals surface area contributed by atoms with Crippen LogP contribution in [0.1, 0.15) is 38.2 Å². The Morgan fingerprint density at radius 1 is 1.26 bits per heavy atom. The van der Waals surface area contributed by atoms with Crippen LogP contribution in [0.4, 0.5) is 10.1 Å². The molecular weight excluding hydrogens is 461 g/mol. The van der Waals surface area contributed by atoms with Gasteiger partial charge in [-0.3, -0.25) is 4.79 Å². The first-order valence-electron chi connectivity index (χ1n) is 11.0. The maximum atomic E-state index is 14.7. The number of carbonyl (C=O) groups excluding carboxylic acids is 2. The number of esters is 1. The van der Waals surface area contributed by atoms with Crippen LogP contribution in [-0.4, -0.2) is 19.0 Å². The second-order valence-corrected chi connectivity index (χ2v) is 9.15. The van der Waals surface area contributed by atoms with Gasteiger partial charge >= 0.3 is 5.97 Å². The van der Waals surface area contributed by atoms with Crippen LogP contribution in [0.25, 0.3) is 6.08 Å². The predicted octanol–water partition coefficient (Wildman–Crippen LogP) is 5.74. The highest BCUT2D eigenvalue weighted by atomic mass is 79.9. The van der Waals surface area contributed by atoms with Gasteiger partial charge in [0.05, 0.1) is 15.0 Å². The maximum absolute atomic E-state index is 14.7. The van der Waals surface area contributed by atoms with Gasteiger partial charge in [-0.1, -0.05) is 40.5 Å². The van der Waals surface area contributed by atoms with Gasteiger partial charge in [0.2, 0.25) is 5.91 Å². The fourth-order valence-corrected chi connectivity index (χ4v) is 5.08. The summed E-state index contributed by atoms with van der Waals surface area (Å²) in [5.74, 6) is -0.395. The summed E-state index contributed by atoms with van der Waals surface area (Å²) in [5, 5.41) is 0. The predicted molar refractivity (Wildman–Crippen MR) is 122 cm³/mol. The minimum Gasteiger partial charge on any atom is -0.466 e. The molecule has 4 rings (SSSR count). The summed E-state index contributed by atoms with van der Waals surface area (Å²) in [7, 11) is 1.30. The summed E-state index contributed by atoms with van der Waals surface area (Å²) in [5.41, 5.74) is 1.33. The molecule has 2 saturated carbocycles. The molecule has 0 saturated heterocycles. The number of anilines is 1. The van der Waals surface area contributed by atoms with E-state index in [9.17, 15) is 14.0 Å². The summed E-state index contributed by atoms with van der Waals surface area (Å²) in [6.07, 6.45) is 6.97. The van der Waals surface area contributed by atoms with E-state index in [1.807, 2.05) is 0 Å². The molecular formula is C25H25BrFNO3. The molecule has 162 valence electrons. The third-order valence-corrected chi connectivity index (χ3v) is 6.78. The topological polar surface area (TPSA) is 46.6 Å². The van der Waals surface area contributed by atoms with Crippen molar-refractivity contribution in [3.8, 4) is 0 Å². The van der Waals surface area contributed by atoms with Gasteiger partial charge in [-0.25, -0.2) is 9.18 Å². The Kier molecular flexibility index (Phi) is 6.16. The van der Waals surface area contributed by atoms with Gasteiger partial charge in [-0.2, -0.15) is 0 Å². The molecule has 1 amide bonds. The van der Waals surface area contributed by atoms with E-state index in [-0.39, 0.29) is 17.4 Å². The Labute approximate surface area is 191 Å². The van der Waals surface area contributed by atoms with Crippen molar-refractivity contribution in [2.24, 2.45) is 17.8 Å². The minimum absolute atomic E-state index is 0.131. The number of hydrogen-bond donors (Lipinski definition) is 0. The summed E-state index contributed by atoms with van der Waals surface area (Å²) in [6.45, 7) is -1.23. The maximum Gasteiger partial charge on any atom is 0.330 e. The van der Waals surface area contributed by atoms with E-state index in [1.165, 1.54) is 24.2 Å². The number of hydrogen-bond acceptors (Lipinski definition) is 3. The molecule has 0 radical (unpaired) electrons. The van der Waals surface area contributed by atoms with Crippen LogP contribution in [0, 0.1) is 23.6 Å². The van der Waals surface area contributed by atoms with E-state index in [4.69, 9.17) is 1.37 Å². The number of nitrogens with zero attached hydrogens (tertiary/aromatic N) is 1. The second-order valence-electron chi connectivity index (χ2n) is 8.24. The quantitative estimate of drug-likeness (QED) is 0.386. The minimum atomic E-state index is -1.23. The van der Waals surface area contributed by atoms with E-state index in [2.05, 4.69) is 20.7 Å². The first kappa shape index (κ1) is 20.4. The number of carbonyl (C=O) groups is 2. The van der Waals surface area contributed by atoms with Crippen molar-refractivity contribution in [2.75, 3.05) is 12.0 Å². The molecule has 0 heterocycles. The molecule has 4 nitrogen and oxygen atoms in total. The third kappa shape index (κ3) is 4.90. The molecule has 2 fully saturated rings. The van der Waals surface area contributed by atoms with Gasteiger partial charge in [0.25, 0.3) is 0 Å². The van der Waals surface area contributed by atoms with E-state index in [0.717, 1.165) is 25.7 Å². The molecule has 0 N–H and O–H groups in total. The van der Waals surface area contributed by atoms with Crippen LogP contribution in [-0.2, 0) is 20.8 Å². The highest BCUT2D eigenvalue weighted by Gasteiger charge is 2.44. The van der Waals surface area contributed by atoms with Crippen molar-refractivity contribution in [3.63, 3.8) is 0 Å². The molecule has 4 atom stereocenters. The zero-order valence-electron chi connectivity index (χ0n) is 18.3. The normalized spacial score (nSPS) is 23.6. The standard InChI is InChI=1S/C25H25BrFNO3/c1-31-24(29)10-6-16-3-2-4-21(12-16)28(15-19-8-9-20(26)14-23(19)27)25(30)22-13-17-5-7-18(22)11-17/h2-4,6,8-10,12,14,17-18,22H,5,7,11,13,15H2,1H3/b10-6+/i15D. The zero-order chi connectivity index (χ0) is 22.8. The fraction of sp³-hybridized carbons (Fsp3) is 0.360. The van der Waals surface area contributed by atoms with Gasteiger partial charge in [0.15, 0.2) is 0 Å². The Bertz CT molecular complexity index is 1060. The molecule has 31 heavy (non-hydrogen) atoms. The molecule has 2 aliphatic rings. The van der Waals surface area contributed by atoms with Gasteiger partial charge in [0.1, 0.15) is 5.82 Å². The molecule has 6 heteroatoms. The molecule has 2 aromatic carbocycles. The average Bonchev–Trinajstić information content (AvgIpc) is 3.41. The number of halogens is 2. The zero-order valence-corrected chi connectivity index (χ0v) is 18.8. The third-order valence-electron chi connectivity index (χ3n) is 6.28. The Hall–Kier alpha value is -2.47. The summed E-state index contributed by atoms with van der Waals surface area (Å²) >= 11 is 3.25. The van der Waals surface area contributed by atoms with Crippen molar-refractivity contribution in [1.29, 1.82) is 0 Å². The van der Waals surface area contributed by atoms with E-state index in [0.29, 0.717) is 27.6 Å². The molecule has 0 aromatic heterocycles. The molecule has 0 spiro atoms. The average molecular weight is 487 g/mol. The van der Waals surface area contributed by atoms with Crippen molar-refractivity contribution >= 4 is 39.6 Å². The van der Waals surface area contributed by atoms with Gasteiger partial charge in [-0.15, -0.1) is 0 Å². The molecule has 2 aliphatic carbocycles. The van der Waals surface area contributed by atoms with Gasteiger partial charge in [0, 0.05) is 27.7 Å². The fourth-order valence-electron chi connectivity index (χ4n) is 4.75. The number of rotatable bonds is 6. The van der Waals surface area contributed by atoms with Crippen LogP contribution in [0.2, 0.25) is 0 Å².